The third kappa shape index (κ3) is 3.38. The standard InChI is InChI=1S/C13H22N2O3S/c1-3-4-9-15(2)19(16,17)14-12-6-5-7-13-11(12)8-10-18-13/h8,10,12,14H,3-7,9H2,1-2H3. The van der Waals surface area contributed by atoms with Crippen molar-refractivity contribution in [3.8, 4) is 0 Å². The van der Waals surface area contributed by atoms with Crippen molar-refractivity contribution in [1.82, 2.24) is 9.03 Å². The van der Waals surface area contributed by atoms with Gasteiger partial charge in [-0.3, -0.25) is 0 Å². The number of nitrogens with one attached hydrogen (secondary N) is 1. The molecule has 0 radical (unpaired) electrons. The molecule has 0 amide bonds. The highest BCUT2D eigenvalue weighted by Gasteiger charge is 2.28. The van der Waals surface area contributed by atoms with Gasteiger partial charge in [0.15, 0.2) is 0 Å². The molecule has 1 aromatic heterocycles. The first-order valence-electron chi connectivity index (χ1n) is 6.84. The van der Waals surface area contributed by atoms with Crippen LogP contribution in [0.2, 0.25) is 0 Å². The Labute approximate surface area is 115 Å². The molecule has 0 saturated carbocycles. The predicted molar refractivity (Wildman–Crippen MR) is 74.0 cm³/mol. The van der Waals surface area contributed by atoms with Crippen LogP contribution in [0.15, 0.2) is 16.7 Å². The van der Waals surface area contributed by atoms with Crippen LogP contribution >= 0.6 is 0 Å². The molecule has 1 aliphatic rings. The Morgan fingerprint density at radius 1 is 1.53 bits per heavy atom. The maximum Gasteiger partial charge on any atom is 0.279 e. The summed E-state index contributed by atoms with van der Waals surface area (Å²) in [5.41, 5.74) is 0.985. The molecule has 0 aliphatic heterocycles. The maximum atomic E-state index is 12.2. The molecule has 1 aromatic rings. The number of hydrogen-bond donors (Lipinski definition) is 1. The van der Waals surface area contributed by atoms with Crippen molar-refractivity contribution in [2.24, 2.45) is 0 Å². The first-order valence-corrected chi connectivity index (χ1v) is 8.28. The molecule has 0 spiro atoms. The van der Waals surface area contributed by atoms with Crippen LogP contribution in [0.3, 0.4) is 0 Å². The minimum Gasteiger partial charge on any atom is -0.469 e. The second-order valence-electron chi connectivity index (χ2n) is 5.04. The van der Waals surface area contributed by atoms with Crippen LogP contribution in [0.25, 0.3) is 0 Å². The van der Waals surface area contributed by atoms with Gasteiger partial charge in [-0.05, 0) is 25.3 Å². The summed E-state index contributed by atoms with van der Waals surface area (Å²) in [5.74, 6) is 0.912. The summed E-state index contributed by atoms with van der Waals surface area (Å²) >= 11 is 0. The summed E-state index contributed by atoms with van der Waals surface area (Å²) in [6.45, 7) is 2.60. The van der Waals surface area contributed by atoms with E-state index in [4.69, 9.17) is 4.42 Å². The largest absolute Gasteiger partial charge is 0.469 e. The summed E-state index contributed by atoms with van der Waals surface area (Å²) in [6, 6.07) is 1.71. The van der Waals surface area contributed by atoms with Gasteiger partial charge >= 0.3 is 0 Å². The fourth-order valence-corrected chi connectivity index (χ4v) is 3.53. The first-order chi connectivity index (χ1) is 9.04. The van der Waals surface area contributed by atoms with E-state index in [0.717, 1.165) is 43.4 Å². The molecule has 108 valence electrons. The highest BCUT2D eigenvalue weighted by molar-refractivity contribution is 7.87. The molecule has 19 heavy (non-hydrogen) atoms. The zero-order valence-corrected chi connectivity index (χ0v) is 12.4. The van der Waals surface area contributed by atoms with Crippen LogP contribution in [0.5, 0.6) is 0 Å². The van der Waals surface area contributed by atoms with Gasteiger partial charge in [0, 0.05) is 25.6 Å². The number of furan rings is 1. The normalized spacial score (nSPS) is 19.6. The Bertz CT molecular complexity index is 510. The van der Waals surface area contributed by atoms with Gasteiger partial charge in [0.2, 0.25) is 0 Å². The van der Waals surface area contributed by atoms with Crippen LogP contribution < -0.4 is 4.72 Å². The van der Waals surface area contributed by atoms with E-state index in [-0.39, 0.29) is 6.04 Å². The molecular weight excluding hydrogens is 264 g/mol. The highest BCUT2D eigenvalue weighted by atomic mass is 32.2. The molecule has 1 atom stereocenters. The molecule has 0 saturated heterocycles. The maximum absolute atomic E-state index is 12.2. The third-order valence-electron chi connectivity index (χ3n) is 3.58. The van der Waals surface area contributed by atoms with Gasteiger partial charge in [-0.15, -0.1) is 0 Å². The van der Waals surface area contributed by atoms with Crippen molar-refractivity contribution in [1.29, 1.82) is 0 Å². The number of unbranched alkanes of at least 4 members (excludes halogenated alkanes) is 1. The Hall–Kier alpha value is -0.850. The number of nitrogens with zero attached hydrogens (tertiary/aromatic N) is 1. The van der Waals surface area contributed by atoms with Gasteiger partial charge in [0.1, 0.15) is 5.76 Å². The Morgan fingerprint density at radius 3 is 3.05 bits per heavy atom. The van der Waals surface area contributed by atoms with Gasteiger partial charge in [-0.1, -0.05) is 13.3 Å². The molecule has 5 nitrogen and oxygen atoms in total. The Morgan fingerprint density at radius 2 is 2.32 bits per heavy atom. The lowest BCUT2D eigenvalue weighted by Gasteiger charge is -2.25. The fourth-order valence-electron chi connectivity index (χ4n) is 2.38. The second kappa shape index (κ2) is 6.07. The number of rotatable bonds is 6. The predicted octanol–water partition coefficient (Wildman–Crippen LogP) is 2.22. The molecule has 0 aromatic carbocycles. The number of hydrogen-bond acceptors (Lipinski definition) is 3. The molecule has 0 bridgehead atoms. The Kier molecular flexibility index (Phi) is 4.65. The van der Waals surface area contributed by atoms with Crippen LogP contribution in [-0.4, -0.2) is 26.3 Å². The van der Waals surface area contributed by atoms with Gasteiger partial charge in [0.25, 0.3) is 10.2 Å². The summed E-state index contributed by atoms with van der Waals surface area (Å²) in [5, 5.41) is 0. The summed E-state index contributed by atoms with van der Waals surface area (Å²) in [7, 11) is -1.79. The summed E-state index contributed by atoms with van der Waals surface area (Å²) < 4.78 is 34.0. The SMILES string of the molecule is CCCCN(C)S(=O)(=O)NC1CCCc2occc21. The van der Waals surface area contributed by atoms with Crippen molar-refractivity contribution in [2.75, 3.05) is 13.6 Å². The Balaban J connectivity index is 2.05. The minimum absolute atomic E-state index is 0.156. The molecule has 1 heterocycles. The van der Waals surface area contributed by atoms with Gasteiger partial charge in [0.05, 0.1) is 12.3 Å². The fraction of sp³-hybridized carbons (Fsp3) is 0.692. The third-order valence-corrected chi connectivity index (χ3v) is 5.17. The van der Waals surface area contributed by atoms with E-state index in [1.165, 1.54) is 4.31 Å². The smallest absolute Gasteiger partial charge is 0.279 e. The lowest BCUT2D eigenvalue weighted by atomic mass is 9.94. The van der Waals surface area contributed by atoms with E-state index in [0.29, 0.717) is 6.54 Å². The quantitative estimate of drug-likeness (QED) is 0.872. The average molecular weight is 286 g/mol. The van der Waals surface area contributed by atoms with E-state index < -0.39 is 10.2 Å². The van der Waals surface area contributed by atoms with E-state index in [2.05, 4.69) is 4.72 Å². The average Bonchev–Trinajstić information content (AvgIpc) is 2.84. The number of fused-ring (bicyclic) bond motifs is 1. The van der Waals surface area contributed by atoms with Crippen LogP contribution in [0.1, 0.15) is 50.0 Å². The first kappa shape index (κ1) is 14.6. The van der Waals surface area contributed by atoms with Gasteiger partial charge < -0.3 is 4.42 Å². The van der Waals surface area contributed by atoms with Crippen molar-refractivity contribution >= 4 is 10.2 Å². The molecule has 2 rings (SSSR count). The highest BCUT2D eigenvalue weighted by Crippen LogP contribution is 2.31. The lowest BCUT2D eigenvalue weighted by Crippen LogP contribution is -2.41. The second-order valence-corrected chi connectivity index (χ2v) is 6.85. The topological polar surface area (TPSA) is 62.6 Å². The van der Waals surface area contributed by atoms with Gasteiger partial charge in [-0.25, -0.2) is 0 Å². The molecule has 1 unspecified atom stereocenters. The van der Waals surface area contributed by atoms with E-state index >= 15 is 0 Å². The zero-order valence-electron chi connectivity index (χ0n) is 11.6. The van der Waals surface area contributed by atoms with Crippen LogP contribution in [-0.2, 0) is 16.6 Å². The van der Waals surface area contributed by atoms with Crippen molar-refractivity contribution in [2.45, 2.75) is 45.1 Å². The zero-order chi connectivity index (χ0) is 13.9. The summed E-state index contributed by atoms with van der Waals surface area (Å²) in [4.78, 5) is 0. The molecule has 0 fully saturated rings. The van der Waals surface area contributed by atoms with Crippen molar-refractivity contribution in [3.05, 3.63) is 23.7 Å². The van der Waals surface area contributed by atoms with E-state index in [1.54, 1.807) is 13.3 Å². The summed E-state index contributed by atoms with van der Waals surface area (Å²) in [6.07, 6.45) is 6.16. The van der Waals surface area contributed by atoms with Crippen LogP contribution in [0, 0.1) is 0 Å². The van der Waals surface area contributed by atoms with Crippen molar-refractivity contribution in [3.63, 3.8) is 0 Å². The lowest BCUT2D eigenvalue weighted by molar-refractivity contribution is 0.413. The number of aryl methyl sites for hydroxylation is 1. The molecule has 6 heteroatoms. The van der Waals surface area contributed by atoms with Crippen LogP contribution in [0.4, 0.5) is 0 Å². The molecule has 1 aliphatic carbocycles. The molecular formula is C13H22N2O3S. The van der Waals surface area contributed by atoms with E-state index in [1.807, 2.05) is 13.0 Å². The van der Waals surface area contributed by atoms with Gasteiger partial charge in [-0.2, -0.15) is 17.4 Å². The monoisotopic (exact) mass is 286 g/mol. The molecule has 1 N–H and O–H groups in total. The van der Waals surface area contributed by atoms with Crippen molar-refractivity contribution < 1.29 is 12.8 Å². The minimum atomic E-state index is -3.41. The van der Waals surface area contributed by atoms with E-state index in [9.17, 15) is 8.42 Å².